The summed E-state index contributed by atoms with van der Waals surface area (Å²) in [6.45, 7) is 8.25. The minimum Gasteiger partial charge on any atom is -0.383 e. The zero-order valence-corrected chi connectivity index (χ0v) is 11.4. The van der Waals surface area contributed by atoms with E-state index in [2.05, 4.69) is 36.8 Å². The molecule has 3 heteroatoms. The van der Waals surface area contributed by atoms with Crippen LogP contribution in [0.5, 0.6) is 0 Å². The van der Waals surface area contributed by atoms with Crippen molar-refractivity contribution >= 4 is 5.82 Å². The summed E-state index contributed by atoms with van der Waals surface area (Å²) in [5.74, 6) is 1.31. The molecule has 0 aliphatic heterocycles. The first kappa shape index (κ1) is 12.6. The Labute approximate surface area is 108 Å². The molecule has 94 valence electrons. The Morgan fingerprint density at radius 2 is 1.78 bits per heavy atom. The molecule has 3 nitrogen and oxygen atoms in total. The van der Waals surface area contributed by atoms with Gasteiger partial charge in [0.15, 0.2) is 5.82 Å². The van der Waals surface area contributed by atoms with Crippen LogP contribution in [0.15, 0.2) is 18.2 Å². The van der Waals surface area contributed by atoms with E-state index in [9.17, 15) is 0 Å². The third-order valence-corrected chi connectivity index (χ3v) is 3.46. The molecular formula is C15H19N3. The standard InChI is InChI=1S/C15H19N3/c1-5-13-11(4)14(16)18-15(17-13)12-8-6-7-9(2)10(12)3/h6-8H,5H2,1-4H3,(H2,16,17,18). The Balaban J connectivity index is 2.64. The summed E-state index contributed by atoms with van der Waals surface area (Å²) in [7, 11) is 0. The molecule has 2 N–H and O–H groups in total. The number of hydrogen-bond donors (Lipinski definition) is 1. The molecule has 0 fully saturated rings. The highest BCUT2D eigenvalue weighted by molar-refractivity contribution is 5.64. The lowest BCUT2D eigenvalue weighted by Gasteiger charge is -2.11. The van der Waals surface area contributed by atoms with Crippen LogP contribution < -0.4 is 5.73 Å². The quantitative estimate of drug-likeness (QED) is 0.878. The average molecular weight is 241 g/mol. The second-order valence-corrected chi connectivity index (χ2v) is 4.61. The predicted octanol–water partition coefficient (Wildman–Crippen LogP) is 3.21. The van der Waals surface area contributed by atoms with Crippen molar-refractivity contribution in [2.24, 2.45) is 0 Å². The molecule has 0 aliphatic carbocycles. The molecule has 0 saturated heterocycles. The molecule has 1 aromatic heterocycles. The second-order valence-electron chi connectivity index (χ2n) is 4.61. The number of rotatable bonds is 2. The molecule has 0 saturated carbocycles. The summed E-state index contributed by atoms with van der Waals surface area (Å²) < 4.78 is 0. The van der Waals surface area contributed by atoms with Gasteiger partial charge < -0.3 is 5.73 Å². The molecule has 0 radical (unpaired) electrons. The molecule has 0 unspecified atom stereocenters. The minimum absolute atomic E-state index is 0.581. The van der Waals surface area contributed by atoms with Crippen LogP contribution in [0.3, 0.4) is 0 Å². The van der Waals surface area contributed by atoms with Crippen LogP contribution in [0.25, 0.3) is 11.4 Å². The lowest BCUT2D eigenvalue weighted by molar-refractivity contribution is 0.980. The van der Waals surface area contributed by atoms with E-state index in [0.29, 0.717) is 5.82 Å². The number of benzene rings is 1. The highest BCUT2D eigenvalue weighted by atomic mass is 15.0. The van der Waals surface area contributed by atoms with Crippen molar-refractivity contribution in [3.63, 3.8) is 0 Å². The van der Waals surface area contributed by atoms with Gasteiger partial charge >= 0.3 is 0 Å². The van der Waals surface area contributed by atoms with Crippen LogP contribution in [0.2, 0.25) is 0 Å². The summed E-state index contributed by atoms with van der Waals surface area (Å²) in [5.41, 5.74) is 11.5. The van der Waals surface area contributed by atoms with E-state index in [1.54, 1.807) is 0 Å². The van der Waals surface area contributed by atoms with Crippen molar-refractivity contribution in [1.29, 1.82) is 0 Å². The Hall–Kier alpha value is -1.90. The monoisotopic (exact) mass is 241 g/mol. The molecule has 0 bridgehead atoms. The number of hydrogen-bond acceptors (Lipinski definition) is 3. The van der Waals surface area contributed by atoms with Gasteiger partial charge in [0.1, 0.15) is 5.82 Å². The minimum atomic E-state index is 0.581. The molecule has 1 heterocycles. The van der Waals surface area contributed by atoms with E-state index in [0.717, 1.165) is 29.1 Å². The van der Waals surface area contributed by atoms with Gasteiger partial charge in [0.25, 0.3) is 0 Å². The van der Waals surface area contributed by atoms with E-state index in [-0.39, 0.29) is 0 Å². The van der Waals surface area contributed by atoms with Crippen LogP contribution in [0.1, 0.15) is 29.3 Å². The predicted molar refractivity (Wildman–Crippen MR) is 75.5 cm³/mol. The lowest BCUT2D eigenvalue weighted by atomic mass is 10.0. The normalized spacial score (nSPS) is 10.7. The van der Waals surface area contributed by atoms with E-state index in [1.807, 2.05) is 19.1 Å². The van der Waals surface area contributed by atoms with Crippen molar-refractivity contribution in [1.82, 2.24) is 9.97 Å². The van der Waals surface area contributed by atoms with Gasteiger partial charge in [0.2, 0.25) is 0 Å². The maximum atomic E-state index is 5.97. The van der Waals surface area contributed by atoms with Crippen molar-refractivity contribution < 1.29 is 0 Å². The summed E-state index contributed by atoms with van der Waals surface area (Å²) >= 11 is 0. The van der Waals surface area contributed by atoms with Crippen LogP contribution in [0.4, 0.5) is 5.82 Å². The lowest BCUT2D eigenvalue weighted by Crippen LogP contribution is -2.05. The third-order valence-electron chi connectivity index (χ3n) is 3.46. The van der Waals surface area contributed by atoms with Gasteiger partial charge in [-0.25, -0.2) is 9.97 Å². The Kier molecular flexibility index (Phi) is 3.32. The third kappa shape index (κ3) is 2.08. The molecule has 1 aromatic carbocycles. The van der Waals surface area contributed by atoms with Crippen LogP contribution in [-0.4, -0.2) is 9.97 Å². The van der Waals surface area contributed by atoms with Crippen LogP contribution in [0, 0.1) is 20.8 Å². The molecule has 0 atom stereocenters. The fraction of sp³-hybridized carbons (Fsp3) is 0.333. The van der Waals surface area contributed by atoms with Gasteiger partial charge in [-0.1, -0.05) is 25.1 Å². The molecule has 2 rings (SSSR count). The Morgan fingerprint density at radius 3 is 2.44 bits per heavy atom. The summed E-state index contributed by atoms with van der Waals surface area (Å²) in [4.78, 5) is 9.05. The van der Waals surface area contributed by atoms with Gasteiger partial charge in [0, 0.05) is 16.8 Å². The number of aromatic nitrogens is 2. The number of nitrogens with two attached hydrogens (primary N) is 1. The van der Waals surface area contributed by atoms with Gasteiger partial charge in [-0.2, -0.15) is 0 Å². The summed E-state index contributed by atoms with van der Waals surface area (Å²) in [6.07, 6.45) is 0.871. The van der Waals surface area contributed by atoms with E-state index in [4.69, 9.17) is 5.73 Å². The number of aryl methyl sites for hydroxylation is 2. The molecule has 0 spiro atoms. The van der Waals surface area contributed by atoms with Gasteiger partial charge in [-0.3, -0.25) is 0 Å². The molecular weight excluding hydrogens is 222 g/mol. The largest absolute Gasteiger partial charge is 0.383 e. The zero-order chi connectivity index (χ0) is 13.3. The van der Waals surface area contributed by atoms with E-state index >= 15 is 0 Å². The molecule has 18 heavy (non-hydrogen) atoms. The Morgan fingerprint density at radius 1 is 1.06 bits per heavy atom. The fourth-order valence-corrected chi connectivity index (χ4v) is 2.04. The highest BCUT2D eigenvalue weighted by Gasteiger charge is 2.11. The van der Waals surface area contributed by atoms with Gasteiger partial charge in [-0.05, 0) is 38.3 Å². The van der Waals surface area contributed by atoms with Gasteiger partial charge in [0.05, 0.1) is 0 Å². The Bertz CT molecular complexity index is 589. The fourth-order valence-electron chi connectivity index (χ4n) is 2.04. The van der Waals surface area contributed by atoms with Crippen molar-refractivity contribution in [3.8, 4) is 11.4 Å². The average Bonchev–Trinajstić information content (AvgIpc) is 2.36. The zero-order valence-electron chi connectivity index (χ0n) is 11.4. The SMILES string of the molecule is CCc1nc(-c2cccc(C)c2C)nc(N)c1C. The van der Waals surface area contributed by atoms with Crippen LogP contribution in [-0.2, 0) is 6.42 Å². The maximum absolute atomic E-state index is 5.97. The first-order valence-corrected chi connectivity index (χ1v) is 6.24. The van der Waals surface area contributed by atoms with Crippen LogP contribution >= 0.6 is 0 Å². The summed E-state index contributed by atoms with van der Waals surface area (Å²) in [6, 6.07) is 6.17. The van der Waals surface area contributed by atoms with E-state index in [1.165, 1.54) is 11.1 Å². The second kappa shape index (κ2) is 4.77. The number of nitrogens with zero attached hydrogens (tertiary/aromatic N) is 2. The van der Waals surface area contributed by atoms with E-state index < -0.39 is 0 Å². The number of nitrogen functional groups attached to an aromatic ring is 1. The first-order valence-electron chi connectivity index (χ1n) is 6.24. The number of anilines is 1. The van der Waals surface area contributed by atoms with Gasteiger partial charge in [-0.15, -0.1) is 0 Å². The van der Waals surface area contributed by atoms with Crippen molar-refractivity contribution in [2.45, 2.75) is 34.1 Å². The molecule has 0 amide bonds. The van der Waals surface area contributed by atoms with Crippen molar-refractivity contribution in [3.05, 3.63) is 40.6 Å². The topological polar surface area (TPSA) is 51.8 Å². The summed E-state index contributed by atoms with van der Waals surface area (Å²) in [5, 5.41) is 0. The van der Waals surface area contributed by atoms with Crippen molar-refractivity contribution in [2.75, 3.05) is 5.73 Å². The highest BCUT2D eigenvalue weighted by Crippen LogP contribution is 2.25. The molecule has 0 aliphatic rings. The maximum Gasteiger partial charge on any atom is 0.162 e. The smallest absolute Gasteiger partial charge is 0.162 e. The molecule has 2 aromatic rings. The first-order chi connectivity index (χ1) is 8.54.